The molecule has 0 aliphatic carbocycles. The fourth-order valence-corrected chi connectivity index (χ4v) is 2.83. The predicted octanol–water partition coefficient (Wildman–Crippen LogP) is 2.47. The lowest BCUT2D eigenvalue weighted by Gasteiger charge is -2.38. The lowest BCUT2D eigenvalue weighted by Crippen LogP contribution is -2.53. The summed E-state index contributed by atoms with van der Waals surface area (Å²) >= 11 is 0. The van der Waals surface area contributed by atoms with Crippen LogP contribution in [0.2, 0.25) is 0 Å². The zero-order valence-corrected chi connectivity index (χ0v) is 12.9. The van der Waals surface area contributed by atoms with Crippen molar-refractivity contribution in [3.8, 4) is 0 Å². The summed E-state index contributed by atoms with van der Waals surface area (Å²) in [6.45, 7) is 5.22. The number of nitrogens with zero attached hydrogens (tertiary/aromatic N) is 1. The SMILES string of the molecule is CN(C)c1ccccc1NC(=O)C1NCCCC1(C)C. The molecule has 0 bridgehead atoms. The van der Waals surface area contributed by atoms with E-state index < -0.39 is 0 Å². The van der Waals surface area contributed by atoms with E-state index in [1.165, 1.54) is 0 Å². The van der Waals surface area contributed by atoms with Gasteiger partial charge in [0.1, 0.15) is 0 Å². The maximum Gasteiger partial charge on any atom is 0.242 e. The van der Waals surface area contributed by atoms with Gasteiger partial charge in [-0.3, -0.25) is 4.79 Å². The molecule has 110 valence electrons. The normalized spacial score (nSPS) is 21.3. The van der Waals surface area contributed by atoms with Crippen molar-refractivity contribution >= 4 is 17.3 Å². The maximum atomic E-state index is 12.6. The lowest BCUT2D eigenvalue weighted by molar-refractivity contribution is -0.121. The van der Waals surface area contributed by atoms with Gasteiger partial charge in [-0.15, -0.1) is 0 Å². The van der Waals surface area contributed by atoms with E-state index in [-0.39, 0.29) is 17.4 Å². The monoisotopic (exact) mass is 275 g/mol. The second-order valence-corrected chi connectivity index (χ2v) is 6.38. The van der Waals surface area contributed by atoms with Crippen LogP contribution in [0.5, 0.6) is 0 Å². The van der Waals surface area contributed by atoms with Gasteiger partial charge in [0.25, 0.3) is 0 Å². The third-order valence-electron chi connectivity index (χ3n) is 4.03. The molecule has 1 atom stereocenters. The first kappa shape index (κ1) is 14.9. The highest BCUT2D eigenvalue weighted by Gasteiger charge is 2.37. The Balaban J connectivity index is 2.15. The van der Waals surface area contributed by atoms with Gasteiger partial charge in [-0.2, -0.15) is 0 Å². The largest absolute Gasteiger partial charge is 0.376 e. The van der Waals surface area contributed by atoms with Gasteiger partial charge in [0, 0.05) is 14.1 Å². The highest BCUT2D eigenvalue weighted by Crippen LogP contribution is 2.31. The molecular weight excluding hydrogens is 250 g/mol. The second kappa shape index (κ2) is 5.83. The highest BCUT2D eigenvalue weighted by atomic mass is 16.2. The summed E-state index contributed by atoms with van der Waals surface area (Å²) in [5.41, 5.74) is 1.88. The van der Waals surface area contributed by atoms with Crippen molar-refractivity contribution in [2.45, 2.75) is 32.7 Å². The molecule has 2 N–H and O–H groups in total. The van der Waals surface area contributed by atoms with Gasteiger partial charge in [-0.1, -0.05) is 26.0 Å². The van der Waals surface area contributed by atoms with Crippen molar-refractivity contribution < 1.29 is 4.79 Å². The molecule has 0 radical (unpaired) electrons. The van der Waals surface area contributed by atoms with Crippen LogP contribution in [-0.4, -0.2) is 32.6 Å². The molecule has 1 fully saturated rings. The minimum atomic E-state index is -0.133. The highest BCUT2D eigenvalue weighted by molar-refractivity contribution is 5.98. The van der Waals surface area contributed by atoms with E-state index in [2.05, 4.69) is 24.5 Å². The zero-order valence-electron chi connectivity index (χ0n) is 12.9. The lowest BCUT2D eigenvalue weighted by atomic mass is 9.77. The molecule has 0 saturated carbocycles. The van der Waals surface area contributed by atoms with Crippen LogP contribution in [0.4, 0.5) is 11.4 Å². The molecule has 1 saturated heterocycles. The van der Waals surface area contributed by atoms with Crippen LogP contribution in [0.1, 0.15) is 26.7 Å². The maximum absolute atomic E-state index is 12.6. The van der Waals surface area contributed by atoms with Gasteiger partial charge < -0.3 is 15.5 Å². The molecule has 0 spiro atoms. The van der Waals surface area contributed by atoms with Crippen molar-refractivity contribution in [3.05, 3.63) is 24.3 Å². The van der Waals surface area contributed by atoms with E-state index in [4.69, 9.17) is 0 Å². The van der Waals surface area contributed by atoms with Crippen molar-refractivity contribution in [3.63, 3.8) is 0 Å². The van der Waals surface area contributed by atoms with Crippen molar-refractivity contribution in [1.82, 2.24) is 5.32 Å². The van der Waals surface area contributed by atoms with E-state index in [9.17, 15) is 4.79 Å². The number of carbonyl (C=O) groups excluding carboxylic acids is 1. The molecule has 1 amide bonds. The van der Waals surface area contributed by atoms with E-state index in [0.717, 1.165) is 30.8 Å². The molecule has 20 heavy (non-hydrogen) atoms. The molecule has 1 aliphatic heterocycles. The van der Waals surface area contributed by atoms with Crippen LogP contribution in [0, 0.1) is 5.41 Å². The first-order valence-corrected chi connectivity index (χ1v) is 7.22. The summed E-state index contributed by atoms with van der Waals surface area (Å²) in [4.78, 5) is 14.6. The van der Waals surface area contributed by atoms with Crippen LogP contribution in [0.3, 0.4) is 0 Å². The van der Waals surface area contributed by atoms with E-state index in [0.29, 0.717) is 0 Å². The number of hydrogen-bond acceptors (Lipinski definition) is 3. The van der Waals surface area contributed by atoms with Gasteiger partial charge in [0.2, 0.25) is 5.91 Å². The minimum Gasteiger partial charge on any atom is -0.376 e. The second-order valence-electron chi connectivity index (χ2n) is 6.38. The molecular formula is C16H25N3O. The van der Waals surface area contributed by atoms with Crippen molar-refractivity contribution in [1.29, 1.82) is 0 Å². The Kier molecular flexibility index (Phi) is 4.33. The van der Waals surface area contributed by atoms with E-state index in [1.807, 2.05) is 43.3 Å². The molecule has 1 unspecified atom stereocenters. The summed E-state index contributed by atoms with van der Waals surface area (Å²) in [5, 5.41) is 6.43. The standard InChI is InChI=1S/C16H25N3O/c1-16(2)10-7-11-17-14(16)15(20)18-12-8-5-6-9-13(12)19(3)4/h5-6,8-9,14,17H,7,10-11H2,1-4H3,(H,18,20). The Labute approximate surface area is 121 Å². The fourth-order valence-electron chi connectivity index (χ4n) is 2.83. The smallest absolute Gasteiger partial charge is 0.242 e. The number of hydrogen-bond donors (Lipinski definition) is 2. The van der Waals surface area contributed by atoms with Crippen LogP contribution in [0.15, 0.2) is 24.3 Å². The molecule has 2 rings (SSSR count). The van der Waals surface area contributed by atoms with Crippen LogP contribution >= 0.6 is 0 Å². The summed E-state index contributed by atoms with van der Waals surface area (Å²) < 4.78 is 0. The third kappa shape index (κ3) is 3.12. The summed E-state index contributed by atoms with van der Waals surface area (Å²) in [5.74, 6) is 0.0593. The molecule has 1 aromatic rings. The van der Waals surface area contributed by atoms with Crippen molar-refractivity contribution in [2.75, 3.05) is 30.9 Å². The predicted molar refractivity (Wildman–Crippen MR) is 84.2 cm³/mol. The number of nitrogens with one attached hydrogen (secondary N) is 2. The number of amides is 1. The number of anilines is 2. The average Bonchev–Trinajstić information content (AvgIpc) is 2.38. The fraction of sp³-hybridized carbons (Fsp3) is 0.562. The van der Waals surface area contributed by atoms with E-state index >= 15 is 0 Å². The Hall–Kier alpha value is -1.55. The Morgan fingerprint density at radius 1 is 1.35 bits per heavy atom. The van der Waals surface area contributed by atoms with Crippen molar-refractivity contribution in [2.24, 2.45) is 5.41 Å². The van der Waals surface area contributed by atoms with Crippen LogP contribution in [-0.2, 0) is 4.79 Å². The number of benzene rings is 1. The Morgan fingerprint density at radius 3 is 2.70 bits per heavy atom. The summed E-state index contributed by atoms with van der Waals surface area (Å²) in [6.07, 6.45) is 2.21. The van der Waals surface area contributed by atoms with Gasteiger partial charge in [-0.05, 0) is 36.9 Å². The van der Waals surface area contributed by atoms with Crippen LogP contribution in [0.25, 0.3) is 0 Å². The number of carbonyl (C=O) groups is 1. The summed E-state index contributed by atoms with van der Waals surface area (Å²) in [7, 11) is 3.96. The first-order valence-electron chi connectivity index (χ1n) is 7.22. The van der Waals surface area contributed by atoms with E-state index in [1.54, 1.807) is 0 Å². The van der Waals surface area contributed by atoms with Gasteiger partial charge >= 0.3 is 0 Å². The molecule has 1 aromatic carbocycles. The van der Waals surface area contributed by atoms with Crippen LogP contribution < -0.4 is 15.5 Å². The third-order valence-corrected chi connectivity index (χ3v) is 4.03. The zero-order chi connectivity index (χ0) is 14.8. The summed E-state index contributed by atoms with van der Waals surface area (Å²) in [6, 6.07) is 7.75. The van der Waals surface area contributed by atoms with Gasteiger partial charge in [0.05, 0.1) is 17.4 Å². The first-order chi connectivity index (χ1) is 9.42. The molecule has 4 heteroatoms. The Morgan fingerprint density at radius 2 is 2.05 bits per heavy atom. The Bertz CT molecular complexity index is 482. The quantitative estimate of drug-likeness (QED) is 0.890. The molecule has 1 aliphatic rings. The molecule has 1 heterocycles. The topological polar surface area (TPSA) is 44.4 Å². The molecule has 0 aromatic heterocycles. The average molecular weight is 275 g/mol. The van der Waals surface area contributed by atoms with Gasteiger partial charge in [-0.25, -0.2) is 0 Å². The molecule has 4 nitrogen and oxygen atoms in total. The number of para-hydroxylation sites is 2. The number of rotatable bonds is 3. The van der Waals surface area contributed by atoms with Gasteiger partial charge in [0.15, 0.2) is 0 Å². The number of piperidine rings is 1. The minimum absolute atomic E-state index is 0.00457.